The van der Waals surface area contributed by atoms with E-state index in [1.165, 1.54) is 0 Å². The molecule has 17 heavy (non-hydrogen) atoms. The van der Waals surface area contributed by atoms with Gasteiger partial charge in [-0.15, -0.1) is 11.6 Å². The average Bonchev–Trinajstić information content (AvgIpc) is 2.38. The number of pyridine rings is 1. The minimum atomic E-state index is 0.423. The summed E-state index contributed by atoms with van der Waals surface area (Å²) in [5.41, 5.74) is 0.945. The van der Waals surface area contributed by atoms with Crippen molar-refractivity contribution in [2.75, 3.05) is 33.5 Å². The normalized spacial score (nSPS) is 10.5. The summed E-state index contributed by atoms with van der Waals surface area (Å²) in [6.45, 7) is 2.47. The van der Waals surface area contributed by atoms with Crippen molar-refractivity contribution in [1.29, 1.82) is 0 Å². The molecule has 0 amide bonds. The van der Waals surface area contributed by atoms with Crippen molar-refractivity contribution in [3.63, 3.8) is 0 Å². The molecule has 0 fully saturated rings. The van der Waals surface area contributed by atoms with Crippen molar-refractivity contribution in [3.8, 4) is 5.75 Å². The second-order valence-corrected chi connectivity index (χ2v) is 3.69. The van der Waals surface area contributed by atoms with Crippen LogP contribution >= 0.6 is 11.6 Å². The molecule has 0 saturated heterocycles. The van der Waals surface area contributed by atoms with E-state index in [9.17, 15) is 0 Å². The van der Waals surface area contributed by atoms with Gasteiger partial charge in [0.25, 0.3) is 0 Å². The van der Waals surface area contributed by atoms with Crippen LogP contribution in [-0.2, 0) is 15.4 Å². The lowest BCUT2D eigenvalue weighted by molar-refractivity contribution is 0.0804. The topological polar surface area (TPSA) is 40.6 Å². The van der Waals surface area contributed by atoms with Gasteiger partial charge < -0.3 is 14.2 Å². The Morgan fingerprint density at radius 1 is 1.24 bits per heavy atom. The van der Waals surface area contributed by atoms with Gasteiger partial charge in [-0.25, -0.2) is 0 Å². The van der Waals surface area contributed by atoms with Gasteiger partial charge in [-0.2, -0.15) is 0 Å². The molecular weight excluding hydrogens is 242 g/mol. The summed E-state index contributed by atoms with van der Waals surface area (Å²) >= 11 is 5.78. The maximum absolute atomic E-state index is 5.78. The highest BCUT2D eigenvalue weighted by molar-refractivity contribution is 6.17. The summed E-state index contributed by atoms with van der Waals surface area (Å²) in [5, 5.41) is 0. The molecule has 0 saturated carbocycles. The fraction of sp³-hybridized carbons (Fsp3) is 0.583. The van der Waals surface area contributed by atoms with Gasteiger partial charge in [0, 0.05) is 32.1 Å². The Morgan fingerprint density at radius 2 is 2.12 bits per heavy atom. The van der Waals surface area contributed by atoms with Crippen molar-refractivity contribution in [3.05, 3.63) is 24.0 Å². The van der Waals surface area contributed by atoms with E-state index in [2.05, 4.69) is 4.98 Å². The first-order valence-electron chi connectivity index (χ1n) is 5.56. The molecule has 0 spiro atoms. The molecule has 0 unspecified atom stereocenters. The van der Waals surface area contributed by atoms with Crippen LogP contribution in [0.4, 0.5) is 0 Å². The predicted octanol–water partition coefficient (Wildman–Crippen LogP) is 2.25. The molecule has 1 aromatic rings. The molecule has 1 rings (SSSR count). The number of rotatable bonds is 9. The van der Waals surface area contributed by atoms with E-state index in [4.69, 9.17) is 25.8 Å². The van der Waals surface area contributed by atoms with Gasteiger partial charge in [0.15, 0.2) is 0 Å². The van der Waals surface area contributed by atoms with Crippen LogP contribution in [0.2, 0.25) is 0 Å². The lowest BCUT2D eigenvalue weighted by atomic mass is 10.3. The van der Waals surface area contributed by atoms with Gasteiger partial charge in [0.05, 0.1) is 18.7 Å². The number of methoxy groups -OCH3 is 1. The molecule has 0 aliphatic heterocycles. The van der Waals surface area contributed by atoms with Crippen LogP contribution in [0.5, 0.6) is 5.75 Å². The third-order valence-electron chi connectivity index (χ3n) is 2.14. The molecule has 0 atom stereocenters. The van der Waals surface area contributed by atoms with Crippen LogP contribution in [0.25, 0.3) is 0 Å². The van der Waals surface area contributed by atoms with Crippen molar-refractivity contribution >= 4 is 11.6 Å². The summed E-state index contributed by atoms with van der Waals surface area (Å²) in [7, 11) is 1.68. The van der Waals surface area contributed by atoms with E-state index in [1.54, 1.807) is 19.5 Å². The van der Waals surface area contributed by atoms with Crippen LogP contribution in [0, 0.1) is 0 Å². The minimum Gasteiger partial charge on any atom is -0.489 e. The van der Waals surface area contributed by atoms with Crippen LogP contribution in [0.15, 0.2) is 18.5 Å². The Hall–Kier alpha value is -0.840. The first kappa shape index (κ1) is 14.2. The third-order valence-corrected chi connectivity index (χ3v) is 2.42. The first-order valence-corrected chi connectivity index (χ1v) is 6.10. The monoisotopic (exact) mass is 259 g/mol. The molecule has 96 valence electrons. The number of nitrogens with zero attached hydrogens (tertiary/aromatic N) is 1. The van der Waals surface area contributed by atoms with Gasteiger partial charge in [0.2, 0.25) is 0 Å². The number of alkyl halides is 1. The zero-order valence-corrected chi connectivity index (χ0v) is 10.8. The summed E-state index contributed by atoms with van der Waals surface area (Å²) in [6.07, 6.45) is 4.27. The second-order valence-electron chi connectivity index (χ2n) is 3.42. The average molecular weight is 260 g/mol. The molecule has 0 radical (unpaired) electrons. The van der Waals surface area contributed by atoms with Crippen molar-refractivity contribution in [2.24, 2.45) is 0 Å². The van der Waals surface area contributed by atoms with E-state index in [1.807, 2.05) is 6.07 Å². The molecule has 0 N–H and O–H groups in total. The SMILES string of the molecule is COCCCOCCOc1cnccc1CCl. The van der Waals surface area contributed by atoms with Gasteiger partial charge in [-0.3, -0.25) is 4.98 Å². The molecule has 1 heterocycles. The molecule has 4 nitrogen and oxygen atoms in total. The largest absolute Gasteiger partial charge is 0.489 e. The Kier molecular flexibility index (Phi) is 7.71. The lowest BCUT2D eigenvalue weighted by Gasteiger charge is -2.09. The minimum absolute atomic E-state index is 0.423. The quantitative estimate of drug-likeness (QED) is 0.504. The van der Waals surface area contributed by atoms with E-state index in [0.29, 0.717) is 25.7 Å². The maximum atomic E-state index is 5.78. The van der Waals surface area contributed by atoms with Crippen LogP contribution in [0.3, 0.4) is 0 Å². The van der Waals surface area contributed by atoms with Crippen LogP contribution in [0.1, 0.15) is 12.0 Å². The summed E-state index contributed by atoms with van der Waals surface area (Å²) in [6, 6.07) is 1.85. The van der Waals surface area contributed by atoms with Gasteiger partial charge in [0.1, 0.15) is 12.4 Å². The number of hydrogen-bond acceptors (Lipinski definition) is 4. The van der Waals surface area contributed by atoms with E-state index in [-0.39, 0.29) is 0 Å². The fourth-order valence-electron chi connectivity index (χ4n) is 1.27. The number of halogens is 1. The molecule has 1 aromatic heterocycles. The van der Waals surface area contributed by atoms with Crippen molar-refractivity contribution < 1.29 is 14.2 Å². The molecule has 0 aromatic carbocycles. The molecule has 5 heteroatoms. The van der Waals surface area contributed by atoms with E-state index >= 15 is 0 Å². The van der Waals surface area contributed by atoms with Gasteiger partial charge >= 0.3 is 0 Å². The molecule has 0 bridgehead atoms. The van der Waals surface area contributed by atoms with Crippen molar-refractivity contribution in [1.82, 2.24) is 4.98 Å². The summed E-state index contributed by atoms with van der Waals surface area (Å²) in [4.78, 5) is 3.99. The zero-order chi connectivity index (χ0) is 12.3. The van der Waals surface area contributed by atoms with Crippen LogP contribution < -0.4 is 4.74 Å². The number of hydrogen-bond donors (Lipinski definition) is 0. The predicted molar refractivity (Wildman–Crippen MR) is 66.6 cm³/mol. The molecule has 0 aliphatic carbocycles. The highest BCUT2D eigenvalue weighted by atomic mass is 35.5. The second kappa shape index (κ2) is 9.22. The van der Waals surface area contributed by atoms with Gasteiger partial charge in [-0.1, -0.05) is 0 Å². The maximum Gasteiger partial charge on any atom is 0.142 e. The van der Waals surface area contributed by atoms with Crippen LogP contribution in [-0.4, -0.2) is 38.5 Å². The lowest BCUT2D eigenvalue weighted by Crippen LogP contribution is -2.09. The Bertz CT molecular complexity index is 310. The standard InChI is InChI=1S/C12H18ClNO3/c1-15-5-2-6-16-7-8-17-12-10-14-4-3-11(12)9-13/h3-4,10H,2,5-9H2,1H3. The fourth-order valence-corrected chi connectivity index (χ4v) is 1.49. The molecule has 0 aliphatic rings. The summed E-state index contributed by atoms with van der Waals surface area (Å²) < 4.78 is 15.8. The van der Waals surface area contributed by atoms with Crippen molar-refractivity contribution in [2.45, 2.75) is 12.3 Å². The highest BCUT2D eigenvalue weighted by Gasteiger charge is 2.01. The number of ether oxygens (including phenoxy) is 3. The first-order chi connectivity index (χ1) is 8.38. The highest BCUT2D eigenvalue weighted by Crippen LogP contribution is 2.17. The Morgan fingerprint density at radius 3 is 2.88 bits per heavy atom. The Balaban J connectivity index is 2.13. The molecular formula is C12H18ClNO3. The van der Waals surface area contributed by atoms with Gasteiger partial charge in [-0.05, 0) is 12.5 Å². The number of aromatic nitrogens is 1. The summed E-state index contributed by atoms with van der Waals surface area (Å²) in [5.74, 6) is 1.15. The van der Waals surface area contributed by atoms with E-state index in [0.717, 1.165) is 24.3 Å². The smallest absolute Gasteiger partial charge is 0.142 e. The van der Waals surface area contributed by atoms with E-state index < -0.39 is 0 Å². The third kappa shape index (κ3) is 5.86. The Labute approximate surface area is 107 Å². The zero-order valence-electron chi connectivity index (χ0n) is 10.0.